The molecule has 5 heteroatoms. The summed E-state index contributed by atoms with van der Waals surface area (Å²) in [5, 5.41) is 5.65. The molecule has 2 amide bonds. The lowest BCUT2D eigenvalue weighted by Gasteiger charge is -2.23. The van der Waals surface area contributed by atoms with Gasteiger partial charge >= 0.3 is 0 Å². The molecule has 17 heavy (non-hydrogen) atoms. The molecule has 1 unspecified atom stereocenters. The highest BCUT2D eigenvalue weighted by atomic mass is 79.9. The maximum atomic E-state index is 12.0. The molecule has 0 aromatic heterocycles. The highest BCUT2D eigenvalue weighted by Gasteiger charge is 2.20. The summed E-state index contributed by atoms with van der Waals surface area (Å²) < 4.78 is 0.775. The zero-order valence-corrected chi connectivity index (χ0v) is 10.8. The number of hydrogen-bond acceptors (Lipinski definition) is 2. The second kappa shape index (κ2) is 5.31. The van der Waals surface area contributed by atoms with E-state index in [4.69, 9.17) is 0 Å². The van der Waals surface area contributed by atoms with Crippen molar-refractivity contribution in [2.75, 3.05) is 6.54 Å². The van der Waals surface area contributed by atoms with E-state index < -0.39 is 0 Å². The summed E-state index contributed by atoms with van der Waals surface area (Å²) in [6.07, 6.45) is 1.17. The summed E-state index contributed by atoms with van der Waals surface area (Å²) in [7, 11) is 0. The Morgan fingerprint density at radius 2 is 2.18 bits per heavy atom. The van der Waals surface area contributed by atoms with Gasteiger partial charge in [0.15, 0.2) is 0 Å². The summed E-state index contributed by atoms with van der Waals surface area (Å²) in [5.41, 5.74) is 0.615. The minimum atomic E-state index is -0.112. The average molecular weight is 297 g/mol. The topological polar surface area (TPSA) is 58.2 Å². The number of carbonyl (C=O) groups excluding carboxylic acids is 2. The van der Waals surface area contributed by atoms with Crippen molar-refractivity contribution in [2.45, 2.75) is 18.9 Å². The number of hydrogen-bond donors (Lipinski definition) is 2. The third-order valence-corrected chi connectivity index (χ3v) is 3.41. The van der Waals surface area contributed by atoms with E-state index in [1.54, 1.807) is 6.07 Å². The summed E-state index contributed by atoms with van der Waals surface area (Å²) in [5.74, 6) is -0.0602. The standard InChI is InChI=1S/C12H13BrN2O2/c13-10-4-2-1-3-9(10)12(17)15-8-5-6-11(16)14-7-8/h1-4,8H,5-7H2,(H,14,16)(H,15,17). The van der Waals surface area contributed by atoms with E-state index in [-0.39, 0.29) is 17.9 Å². The Morgan fingerprint density at radius 1 is 1.41 bits per heavy atom. The van der Waals surface area contributed by atoms with Gasteiger partial charge in [0.05, 0.1) is 5.56 Å². The van der Waals surface area contributed by atoms with E-state index in [0.717, 1.165) is 4.47 Å². The number of halogens is 1. The number of rotatable bonds is 2. The van der Waals surface area contributed by atoms with Crippen LogP contribution in [-0.4, -0.2) is 24.4 Å². The molecule has 90 valence electrons. The first-order chi connectivity index (χ1) is 8.16. The van der Waals surface area contributed by atoms with E-state index in [9.17, 15) is 9.59 Å². The van der Waals surface area contributed by atoms with Crippen molar-refractivity contribution in [3.05, 3.63) is 34.3 Å². The van der Waals surface area contributed by atoms with Crippen molar-refractivity contribution in [3.63, 3.8) is 0 Å². The molecule has 1 aromatic rings. The van der Waals surface area contributed by atoms with Crippen molar-refractivity contribution in [1.29, 1.82) is 0 Å². The molecule has 0 spiro atoms. The Morgan fingerprint density at radius 3 is 2.82 bits per heavy atom. The Hall–Kier alpha value is -1.36. The Labute approximate surface area is 108 Å². The van der Waals surface area contributed by atoms with Crippen LogP contribution in [0.3, 0.4) is 0 Å². The number of carbonyl (C=O) groups is 2. The first-order valence-electron chi connectivity index (χ1n) is 5.49. The maximum Gasteiger partial charge on any atom is 0.252 e. The maximum absolute atomic E-state index is 12.0. The van der Waals surface area contributed by atoms with Crippen LogP contribution in [0.1, 0.15) is 23.2 Å². The SMILES string of the molecule is O=C1CCC(NC(=O)c2ccccc2Br)CN1. The van der Waals surface area contributed by atoms with Gasteiger partial charge in [-0.05, 0) is 34.5 Å². The smallest absolute Gasteiger partial charge is 0.252 e. The van der Waals surface area contributed by atoms with Crippen LogP contribution in [0.15, 0.2) is 28.7 Å². The molecule has 4 nitrogen and oxygen atoms in total. The molecule has 0 bridgehead atoms. The molecule has 1 aromatic carbocycles. The highest BCUT2D eigenvalue weighted by Crippen LogP contribution is 2.16. The molecule has 0 aliphatic carbocycles. The van der Waals surface area contributed by atoms with Gasteiger partial charge in [-0.25, -0.2) is 0 Å². The van der Waals surface area contributed by atoms with Crippen molar-refractivity contribution in [3.8, 4) is 0 Å². The van der Waals surface area contributed by atoms with Crippen molar-refractivity contribution in [2.24, 2.45) is 0 Å². The van der Waals surface area contributed by atoms with Crippen LogP contribution in [0.4, 0.5) is 0 Å². The van der Waals surface area contributed by atoms with Crippen LogP contribution in [-0.2, 0) is 4.79 Å². The van der Waals surface area contributed by atoms with Crippen LogP contribution >= 0.6 is 15.9 Å². The molecule has 1 fully saturated rings. The van der Waals surface area contributed by atoms with Crippen LogP contribution < -0.4 is 10.6 Å². The lowest BCUT2D eigenvalue weighted by atomic mass is 10.1. The van der Waals surface area contributed by atoms with Gasteiger partial charge in [0.2, 0.25) is 5.91 Å². The third-order valence-electron chi connectivity index (χ3n) is 2.72. The van der Waals surface area contributed by atoms with Gasteiger partial charge in [-0.2, -0.15) is 0 Å². The number of nitrogens with one attached hydrogen (secondary N) is 2. The molecule has 0 saturated carbocycles. The fourth-order valence-corrected chi connectivity index (χ4v) is 2.23. The van der Waals surface area contributed by atoms with E-state index in [1.165, 1.54) is 0 Å². The molecule has 1 saturated heterocycles. The van der Waals surface area contributed by atoms with Crippen LogP contribution in [0.2, 0.25) is 0 Å². The lowest BCUT2D eigenvalue weighted by molar-refractivity contribution is -0.122. The zero-order chi connectivity index (χ0) is 12.3. The van der Waals surface area contributed by atoms with Crippen LogP contribution in [0.25, 0.3) is 0 Å². The second-order valence-electron chi connectivity index (χ2n) is 3.99. The minimum Gasteiger partial charge on any atom is -0.354 e. The monoisotopic (exact) mass is 296 g/mol. The first-order valence-corrected chi connectivity index (χ1v) is 6.28. The minimum absolute atomic E-state index is 0.0207. The lowest BCUT2D eigenvalue weighted by Crippen LogP contribution is -2.47. The van der Waals surface area contributed by atoms with Gasteiger partial charge in [-0.1, -0.05) is 12.1 Å². The van der Waals surface area contributed by atoms with Gasteiger partial charge in [0, 0.05) is 23.5 Å². The quantitative estimate of drug-likeness (QED) is 0.868. The highest BCUT2D eigenvalue weighted by molar-refractivity contribution is 9.10. The van der Waals surface area contributed by atoms with E-state index in [2.05, 4.69) is 26.6 Å². The van der Waals surface area contributed by atoms with Gasteiger partial charge in [-0.15, -0.1) is 0 Å². The van der Waals surface area contributed by atoms with Crippen LogP contribution in [0, 0.1) is 0 Å². The molecule has 0 radical (unpaired) electrons. The van der Waals surface area contributed by atoms with E-state index >= 15 is 0 Å². The van der Waals surface area contributed by atoms with Gasteiger partial charge < -0.3 is 10.6 Å². The Balaban J connectivity index is 1.98. The first kappa shape index (κ1) is 12.1. The van der Waals surface area contributed by atoms with Gasteiger partial charge in [-0.3, -0.25) is 9.59 Å². The predicted octanol–water partition coefficient (Wildman–Crippen LogP) is 1.46. The molecular formula is C12H13BrN2O2. The fourth-order valence-electron chi connectivity index (χ4n) is 1.76. The number of piperidine rings is 1. The number of benzene rings is 1. The molecule has 2 rings (SSSR count). The third kappa shape index (κ3) is 3.06. The van der Waals surface area contributed by atoms with Crippen LogP contribution in [0.5, 0.6) is 0 Å². The summed E-state index contributed by atoms with van der Waals surface area (Å²) >= 11 is 3.34. The molecular weight excluding hydrogens is 284 g/mol. The molecule has 1 aliphatic heterocycles. The number of amides is 2. The van der Waals surface area contributed by atoms with E-state index in [0.29, 0.717) is 24.9 Å². The summed E-state index contributed by atoms with van der Waals surface area (Å²) in [6.45, 7) is 0.509. The van der Waals surface area contributed by atoms with Gasteiger partial charge in [0.25, 0.3) is 5.91 Å². The molecule has 1 atom stereocenters. The van der Waals surface area contributed by atoms with Gasteiger partial charge in [0.1, 0.15) is 0 Å². The molecule has 1 aliphatic rings. The average Bonchev–Trinajstić information content (AvgIpc) is 2.32. The van der Waals surface area contributed by atoms with Crippen molar-refractivity contribution >= 4 is 27.7 Å². The summed E-state index contributed by atoms with van der Waals surface area (Å²) in [4.78, 5) is 22.9. The fraction of sp³-hybridized carbons (Fsp3) is 0.333. The normalized spacial score (nSPS) is 19.6. The van der Waals surface area contributed by atoms with Crippen molar-refractivity contribution < 1.29 is 9.59 Å². The largest absolute Gasteiger partial charge is 0.354 e. The zero-order valence-electron chi connectivity index (χ0n) is 9.20. The Bertz CT molecular complexity index is 438. The van der Waals surface area contributed by atoms with Crippen molar-refractivity contribution in [1.82, 2.24) is 10.6 Å². The predicted molar refractivity (Wildman–Crippen MR) is 67.6 cm³/mol. The Kier molecular flexibility index (Phi) is 3.78. The molecule has 2 N–H and O–H groups in total. The van der Waals surface area contributed by atoms with E-state index in [1.807, 2.05) is 18.2 Å². The molecule has 1 heterocycles. The summed E-state index contributed by atoms with van der Waals surface area (Å²) in [6, 6.07) is 7.30. The second-order valence-corrected chi connectivity index (χ2v) is 4.85.